The number of rotatable bonds is 4. The van der Waals surface area contributed by atoms with Gasteiger partial charge in [-0.1, -0.05) is 0 Å². The predicted molar refractivity (Wildman–Crippen MR) is 65.8 cm³/mol. The molecule has 4 heteroatoms. The monoisotopic (exact) mass is 241 g/mol. The molecule has 0 unspecified atom stereocenters. The first-order valence-corrected chi connectivity index (χ1v) is 6.25. The fourth-order valence-corrected chi connectivity index (χ4v) is 1.87. The summed E-state index contributed by atoms with van der Waals surface area (Å²) in [6.45, 7) is 8.77. The Morgan fingerprint density at radius 1 is 1.29 bits per heavy atom. The summed E-state index contributed by atoms with van der Waals surface area (Å²) < 4.78 is 5.27. The lowest BCUT2D eigenvalue weighted by atomic mass is 9.94. The van der Waals surface area contributed by atoms with Crippen molar-refractivity contribution in [3.8, 4) is 0 Å². The molecule has 1 amide bonds. The van der Waals surface area contributed by atoms with Crippen LogP contribution in [0.4, 0.5) is 4.79 Å². The minimum Gasteiger partial charge on any atom is -0.444 e. The first-order chi connectivity index (χ1) is 7.78. The van der Waals surface area contributed by atoms with Gasteiger partial charge in [-0.05, 0) is 46.5 Å². The number of likely N-dealkylation sites (tertiary alicyclic amines) is 1. The molecular formula is C13H23NO3. The summed E-state index contributed by atoms with van der Waals surface area (Å²) in [5.74, 6) is 0.787. The number of ether oxygens (including phenoxy) is 1. The Kier molecular flexibility index (Phi) is 4.54. The summed E-state index contributed by atoms with van der Waals surface area (Å²) in [6, 6.07) is 0. The fraction of sp³-hybridized carbons (Fsp3) is 0.846. The zero-order valence-electron chi connectivity index (χ0n) is 11.3. The van der Waals surface area contributed by atoms with Gasteiger partial charge in [0.15, 0.2) is 0 Å². The zero-order valence-corrected chi connectivity index (χ0v) is 11.3. The average Bonchev–Trinajstić information content (AvgIpc) is 2.04. The van der Waals surface area contributed by atoms with Gasteiger partial charge in [-0.2, -0.15) is 0 Å². The van der Waals surface area contributed by atoms with E-state index in [1.165, 1.54) is 0 Å². The minimum atomic E-state index is -0.420. The van der Waals surface area contributed by atoms with E-state index in [1.807, 2.05) is 20.8 Å². The van der Waals surface area contributed by atoms with Crippen molar-refractivity contribution in [2.24, 2.45) is 5.92 Å². The van der Waals surface area contributed by atoms with Crippen LogP contribution >= 0.6 is 0 Å². The van der Waals surface area contributed by atoms with Gasteiger partial charge in [-0.3, -0.25) is 0 Å². The number of hydrogen-bond acceptors (Lipinski definition) is 3. The molecule has 0 bridgehead atoms. The van der Waals surface area contributed by atoms with Crippen LogP contribution in [0.3, 0.4) is 0 Å². The molecule has 17 heavy (non-hydrogen) atoms. The third-order valence-corrected chi connectivity index (χ3v) is 2.75. The van der Waals surface area contributed by atoms with E-state index in [2.05, 4.69) is 0 Å². The Morgan fingerprint density at radius 2 is 1.88 bits per heavy atom. The van der Waals surface area contributed by atoms with Crippen LogP contribution in [-0.4, -0.2) is 35.5 Å². The standard InChI is InChI=1S/C13H23NO3/c1-10(15)6-5-7-11-8-14(9-11)12(16)17-13(2,3)4/h11H,5-9H2,1-4H3. The van der Waals surface area contributed by atoms with Gasteiger partial charge >= 0.3 is 6.09 Å². The van der Waals surface area contributed by atoms with Crippen LogP contribution in [0.25, 0.3) is 0 Å². The fourth-order valence-electron chi connectivity index (χ4n) is 1.87. The minimum absolute atomic E-state index is 0.222. The predicted octanol–water partition coefficient (Wildman–Crippen LogP) is 2.61. The van der Waals surface area contributed by atoms with Crippen LogP contribution in [0, 0.1) is 5.92 Å². The highest BCUT2D eigenvalue weighted by atomic mass is 16.6. The molecule has 0 N–H and O–H groups in total. The van der Waals surface area contributed by atoms with Crippen molar-refractivity contribution in [2.75, 3.05) is 13.1 Å². The van der Waals surface area contributed by atoms with E-state index in [0.717, 1.165) is 25.9 Å². The van der Waals surface area contributed by atoms with E-state index < -0.39 is 5.60 Å². The average molecular weight is 241 g/mol. The molecule has 1 fully saturated rings. The molecule has 0 aromatic rings. The number of nitrogens with zero attached hydrogens (tertiary/aromatic N) is 1. The molecule has 0 atom stereocenters. The molecule has 0 saturated carbocycles. The third-order valence-electron chi connectivity index (χ3n) is 2.75. The molecule has 1 aliphatic heterocycles. The number of amides is 1. The molecule has 0 radical (unpaired) electrons. The highest BCUT2D eigenvalue weighted by molar-refractivity contribution is 5.75. The van der Waals surface area contributed by atoms with Crippen LogP contribution in [0.5, 0.6) is 0 Å². The normalized spacial score (nSPS) is 16.6. The quantitative estimate of drug-likeness (QED) is 0.760. The molecule has 0 aliphatic carbocycles. The van der Waals surface area contributed by atoms with Crippen LogP contribution in [0.15, 0.2) is 0 Å². The molecule has 1 rings (SSSR count). The second-order valence-corrected chi connectivity index (χ2v) is 5.85. The molecular weight excluding hydrogens is 218 g/mol. The molecule has 0 aromatic carbocycles. The van der Waals surface area contributed by atoms with Gasteiger partial charge < -0.3 is 14.4 Å². The molecule has 1 heterocycles. The van der Waals surface area contributed by atoms with E-state index in [-0.39, 0.29) is 11.9 Å². The molecule has 0 spiro atoms. The molecule has 4 nitrogen and oxygen atoms in total. The maximum absolute atomic E-state index is 11.6. The maximum Gasteiger partial charge on any atom is 0.410 e. The highest BCUT2D eigenvalue weighted by Gasteiger charge is 2.33. The van der Waals surface area contributed by atoms with Gasteiger partial charge in [-0.15, -0.1) is 0 Å². The van der Waals surface area contributed by atoms with Crippen molar-refractivity contribution < 1.29 is 14.3 Å². The van der Waals surface area contributed by atoms with Crippen LogP contribution in [0.1, 0.15) is 47.0 Å². The number of ketones is 1. The van der Waals surface area contributed by atoms with E-state index in [4.69, 9.17) is 4.74 Å². The SMILES string of the molecule is CC(=O)CCCC1CN(C(=O)OC(C)(C)C)C1. The lowest BCUT2D eigenvalue weighted by Crippen LogP contribution is -2.51. The van der Waals surface area contributed by atoms with Gasteiger partial charge in [-0.25, -0.2) is 4.79 Å². The summed E-state index contributed by atoms with van der Waals surface area (Å²) in [5, 5.41) is 0. The second kappa shape index (κ2) is 5.52. The Labute approximate surface area is 103 Å². The zero-order chi connectivity index (χ0) is 13.1. The smallest absolute Gasteiger partial charge is 0.410 e. The van der Waals surface area contributed by atoms with Gasteiger partial charge in [0.25, 0.3) is 0 Å². The summed E-state index contributed by atoms with van der Waals surface area (Å²) in [4.78, 5) is 24.1. The summed E-state index contributed by atoms with van der Waals surface area (Å²) in [7, 11) is 0. The van der Waals surface area contributed by atoms with Crippen molar-refractivity contribution in [3.63, 3.8) is 0 Å². The van der Waals surface area contributed by atoms with Crippen molar-refractivity contribution in [1.82, 2.24) is 4.90 Å². The topological polar surface area (TPSA) is 46.6 Å². The Bertz CT molecular complexity index is 288. The van der Waals surface area contributed by atoms with E-state index in [9.17, 15) is 9.59 Å². The number of Topliss-reactive ketones (excluding diaryl/α,β-unsaturated/α-hetero) is 1. The first kappa shape index (κ1) is 14.0. The van der Waals surface area contributed by atoms with Crippen molar-refractivity contribution in [1.29, 1.82) is 0 Å². The maximum atomic E-state index is 11.6. The Morgan fingerprint density at radius 3 is 2.35 bits per heavy atom. The lowest BCUT2D eigenvalue weighted by Gasteiger charge is -2.39. The van der Waals surface area contributed by atoms with Crippen LogP contribution in [-0.2, 0) is 9.53 Å². The van der Waals surface area contributed by atoms with Gasteiger partial charge in [0.1, 0.15) is 11.4 Å². The molecule has 1 aliphatic rings. The largest absolute Gasteiger partial charge is 0.444 e. The van der Waals surface area contributed by atoms with Gasteiger partial charge in [0.2, 0.25) is 0 Å². The summed E-state index contributed by atoms with van der Waals surface area (Å²) in [6.07, 6.45) is 2.39. The number of carbonyl (C=O) groups is 2. The molecule has 0 aromatic heterocycles. The molecule has 98 valence electrons. The lowest BCUT2D eigenvalue weighted by molar-refractivity contribution is -0.117. The van der Waals surface area contributed by atoms with E-state index in [0.29, 0.717) is 12.3 Å². The third kappa shape index (κ3) is 5.20. The van der Waals surface area contributed by atoms with Crippen molar-refractivity contribution >= 4 is 11.9 Å². The van der Waals surface area contributed by atoms with Gasteiger partial charge in [0.05, 0.1) is 0 Å². The first-order valence-electron chi connectivity index (χ1n) is 6.25. The van der Waals surface area contributed by atoms with Crippen molar-refractivity contribution in [3.05, 3.63) is 0 Å². The summed E-state index contributed by atoms with van der Waals surface area (Å²) >= 11 is 0. The van der Waals surface area contributed by atoms with Crippen LogP contribution in [0.2, 0.25) is 0 Å². The number of carbonyl (C=O) groups excluding carboxylic acids is 2. The number of hydrogen-bond donors (Lipinski definition) is 0. The Hall–Kier alpha value is -1.06. The van der Waals surface area contributed by atoms with E-state index >= 15 is 0 Å². The highest BCUT2D eigenvalue weighted by Crippen LogP contribution is 2.23. The summed E-state index contributed by atoms with van der Waals surface area (Å²) in [5.41, 5.74) is -0.420. The van der Waals surface area contributed by atoms with Crippen LogP contribution < -0.4 is 0 Å². The van der Waals surface area contributed by atoms with Crippen molar-refractivity contribution in [2.45, 2.75) is 52.6 Å². The molecule has 1 saturated heterocycles. The van der Waals surface area contributed by atoms with Gasteiger partial charge in [0, 0.05) is 19.5 Å². The Balaban J connectivity index is 2.14. The second-order valence-electron chi connectivity index (χ2n) is 5.85. The van der Waals surface area contributed by atoms with E-state index in [1.54, 1.807) is 11.8 Å².